The Morgan fingerprint density at radius 3 is 2.63 bits per heavy atom. The van der Waals surface area contributed by atoms with Gasteiger partial charge in [0.05, 0.1) is 11.6 Å². The number of benzene rings is 2. The maximum absolute atomic E-state index is 14.0. The largest absolute Gasteiger partial charge is 0.350 e. The van der Waals surface area contributed by atoms with Crippen molar-refractivity contribution in [1.29, 1.82) is 0 Å². The highest BCUT2D eigenvalue weighted by molar-refractivity contribution is 6.08. The summed E-state index contributed by atoms with van der Waals surface area (Å²) in [6, 6.07) is 15.3. The summed E-state index contributed by atoms with van der Waals surface area (Å²) in [6.45, 7) is 1.81. The highest BCUT2D eigenvalue weighted by atomic mass is 19.1. The summed E-state index contributed by atoms with van der Waals surface area (Å²) >= 11 is 0. The van der Waals surface area contributed by atoms with Gasteiger partial charge in [0, 0.05) is 30.3 Å². The van der Waals surface area contributed by atoms with Crippen LogP contribution in [-0.4, -0.2) is 36.6 Å². The third-order valence-electron chi connectivity index (χ3n) is 6.92. The average Bonchev–Trinajstić information content (AvgIpc) is 3.39. The molecular formula is C28H24F2N6O2. The monoisotopic (exact) mass is 514 g/mol. The lowest BCUT2D eigenvalue weighted by atomic mass is 10.0. The first-order chi connectivity index (χ1) is 18.2. The first-order valence-corrected chi connectivity index (χ1v) is 12.2. The van der Waals surface area contributed by atoms with Crippen LogP contribution in [0, 0.1) is 5.82 Å². The minimum Gasteiger partial charge on any atom is -0.350 e. The first-order valence-electron chi connectivity index (χ1n) is 12.2. The number of alkyl halides is 1. The molecule has 1 atom stereocenters. The number of fused-ring (bicyclic) bond motifs is 2. The number of amides is 2. The molecule has 3 heterocycles. The average molecular weight is 515 g/mol. The minimum absolute atomic E-state index is 0.0426. The third kappa shape index (κ3) is 4.27. The quantitative estimate of drug-likeness (QED) is 0.335. The molecule has 2 amide bonds. The molecule has 6 rings (SSSR count). The van der Waals surface area contributed by atoms with Gasteiger partial charge in [-0.2, -0.15) is 4.98 Å². The van der Waals surface area contributed by atoms with Crippen molar-refractivity contribution in [3.8, 4) is 11.1 Å². The molecule has 2 N–H and O–H groups in total. The fraction of sp³-hybridized carbons (Fsp3) is 0.214. The van der Waals surface area contributed by atoms with E-state index in [1.807, 2.05) is 42.8 Å². The van der Waals surface area contributed by atoms with Gasteiger partial charge >= 0.3 is 0 Å². The zero-order valence-electron chi connectivity index (χ0n) is 20.7. The molecule has 10 heteroatoms. The molecule has 0 unspecified atom stereocenters. The zero-order chi connectivity index (χ0) is 26.6. The van der Waals surface area contributed by atoms with Crippen LogP contribution in [0.15, 0.2) is 67.0 Å². The lowest BCUT2D eigenvalue weighted by Crippen LogP contribution is -2.26. The van der Waals surface area contributed by atoms with Crippen LogP contribution in [-0.2, 0) is 11.8 Å². The third-order valence-corrected chi connectivity index (χ3v) is 6.92. The lowest BCUT2D eigenvalue weighted by molar-refractivity contribution is -0.122. The van der Waals surface area contributed by atoms with Crippen LogP contribution in [0.25, 0.3) is 27.7 Å². The molecule has 1 aliphatic rings. The zero-order valence-corrected chi connectivity index (χ0v) is 20.7. The molecule has 2 aromatic carbocycles. The van der Waals surface area contributed by atoms with Gasteiger partial charge in [0.1, 0.15) is 5.82 Å². The van der Waals surface area contributed by atoms with Crippen molar-refractivity contribution in [2.45, 2.75) is 31.5 Å². The number of nitrogens with zero attached hydrogens (tertiary/aromatic N) is 4. The van der Waals surface area contributed by atoms with Gasteiger partial charge in [-0.1, -0.05) is 18.2 Å². The van der Waals surface area contributed by atoms with E-state index in [1.165, 1.54) is 16.6 Å². The van der Waals surface area contributed by atoms with Gasteiger partial charge in [-0.15, -0.1) is 5.10 Å². The number of aryl methyl sites for hydroxylation is 1. The van der Waals surface area contributed by atoms with E-state index in [9.17, 15) is 18.4 Å². The minimum atomic E-state index is -1.81. The summed E-state index contributed by atoms with van der Waals surface area (Å²) in [5.74, 6) is -1.30. The molecule has 38 heavy (non-hydrogen) atoms. The van der Waals surface area contributed by atoms with Crippen LogP contribution in [0.5, 0.6) is 0 Å². The number of nitrogens with one attached hydrogen (secondary N) is 2. The van der Waals surface area contributed by atoms with Crippen molar-refractivity contribution in [3.05, 3.63) is 83.9 Å². The molecule has 192 valence electrons. The number of hydrogen-bond acceptors (Lipinski definition) is 4. The lowest BCUT2D eigenvalue weighted by Gasteiger charge is -2.14. The highest BCUT2D eigenvalue weighted by Gasteiger charge is 2.51. The van der Waals surface area contributed by atoms with E-state index in [1.54, 1.807) is 30.6 Å². The van der Waals surface area contributed by atoms with E-state index in [4.69, 9.17) is 0 Å². The summed E-state index contributed by atoms with van der Waals surface area (Å²) in [6.07, 6.45) is 3.90. The Bertz CT molecular complexity index is 1740. The maximum atomic E-state index is 14.0. The maximum Gasteiger partial charge on any atom is 0.264 e. The Balaban J connectivity index is 1.29. The van der Waals surface area contributed by atoms with E-state index in [0.717, 1.165) is 22.0 Å². The molecule has 0 aliphatic heterocycles. The fourth-order valence-corrected chi connectivity index (χ4v) is 4.55. The number of carbonyl (C=O) groups excluding carboxylic acids is 2. The first kappa shape index (κ1) is 23.8. The van der Waals surface area contributed by atoms with Crippen LogP contribution in [0.4, 0.5) is 14.7 Å². The van der Waals surface area contributed by atoms with Crippen molar-refractivity contribution >= 4 is 34.3 Å². The predicted octanol–water partition coefficient (Wildman–Crippen LogP) is 4.96. The Morgan fingerprint density at radius 2 is 1.87 bits per heavy atom. The Labute approximate surface area is 216 Å². The summed E-state index contributed by atoms with van der Waals surface area (Å²) in [5.41, 5.74) is 2.41. The SMILES string of the molecule is C[C@H](NC(=O)c1cn(C)c2ccc(-c3ccn4nc(NC(=O)C5(F)CC5)nc4c3)cc12)c1cccc(F)c1. The van der Waals surface area contributed by atoms with Crippen LogP contribution >= 0.6 is 0 Å². The van der Waals surface area contributed by atoms with Gasteiger partial charge in [0.2, 0.25) is 5.95 Å². The number of carbonyl (C=O) groups is 2. The molecular weight excluding hydrogens is 490 g/mol. The van der Waals surface area contributed by atoms with Crippen molar-refractivity contribution in [3.63, 3.8) is 0 Å². The number of pyridine rings is 1. The summed E-state index contributed by atoms with van der Waals surface area (Å²) < 4.78 is 31.0. The van der Waals surface area contributed by atoms with Crippen LogP contribution in [0.2, 0.25) is 0 Å². The van der Waals surface area contributed by atoms with E-state index in [0.29, 0.717) is 16.8 Å². The van der Waals surface area contributed by atoms with Crippen molar-refractivity contribution < 1.29 is 18.4 Å². The summed E-state index contributed by atoms with van der Waals surface area (Å²) in [5, 5.41) is 10.4. The van der Waals surface area contributed by atoms with Crippen LogP contribution < -0.4 is 10.6 Å². The Hall–Kier alpha value is -4.60. The van der Waals surface area contributed by atoms with E-state index >= 15 is 0 Å². The second-order valence-electron chi connectivity index (χ2n) is 9.71. The number of aromatic nitrogens is 4. The van der Waals surface area contributed by atoms with Gasteiger partial charge < -0.3 is 9.88 Å². The van der Waals surface area contributed by atoms with Gasteiger partial charge in [0.25, 0.3) is 11.8 Å². The highest BCUT2D eigenvalue weighted by Crippen LogP contribution is 2.40. The number of hydrogen-bond donors (Lipinski definition) is 2. The molecule has 1 aliphatic carbocycles. The fourth-order valence-electron chi connectivity index (χ4n) is 4.55. The van der Waals surface area contributed by atoms with Gasteiger partial charge in [-0.3, -0.25) is 14.9 Å². The van der Waals surface area contributed by atoms with Gasteiger partial charge in [-0.05, 0) is 72.9 Å². The Kier molecular flexibility index (Phi) is 5.48. The molecule has 8 nitrogen and oxygen atoms in total. The Morgan fingerprint density at radius 1 is 1.08 bits per heavy atom. The molecule has 5 aromatic rings. The molecule has 0 spiro atoms. The molecule has 0 bridgehead atoms. The molecule has 3 aromatic heterocycles. The van der Waals surface area contributed by atoms with E-state index in [2.05, 4.69) is 20.7 Å². The number of halogens is 2. The predicted molar refractivity (Wildman–Crippen MR) is 139 cm³/mol. The summed E-state index contributed by atoms with van der Waals surface area (Å²) in [7, 11) is 1.87. The van der Waals surface area contributed by atoms with Gasteiger partial charge in [0.15, 0.2) is 11.3 Å². The van der Waals surface area contributed by atoms with Gasteiger partial charge in [-0.25, -0.2) is 13.3 Å². The van der Waals surface area contributed by atoms with Crippen LogP contribution in [0.1, 0.15) is 41.7 Å². The molecule has 1 fully saturated rings. The van der Waals surface area contributed by atoms with Crippen LogP contribution in [0.3, 0.4) is 0 Å². The smallest absolute Gasteiger partial charge is 0.264 e. The molecule has 0 radical (unpaired) electrons. The van der Waals surface area contributed by atoms with Crippen molar-refractivity contribution in [1.82, 2.24) is 24.5 Å². The number of rotatable bonds is 6. The molecule has 0 saturated heterocycles. The second-order valence-corrected chi connectivity index (χ2v) is 9.71. The topological polar surface area (TPSA) is 93.3 Å². The number of anilines is 1. The van der Waals surface area contributed by atoms with E-state index in [-0.39, 0.29) is 36.6 Å². The second kappa shape index (κ2) is 8.76. The summed E-state index contributed by atoms with van der Waals surface area (Å²) in [4.78, 5) is 29.6. The van der Waals surface area contributed by atoms with Crippen molar-refractivity contribution in [2.75, 3.05) is 5.32 Å². The van der Waals surface area contributed by atoms with Crippen molar-refractivity contribution in [2.24, 2.45) is 7.05 Å². The standard InChI is InChI=1S/C28H24F2N6O2/c1-16(17-4-3-5-20(29)12-17)31-25(37)22-15-35(2)23-7-6-18(13-21(22)23)19-8-11-36-24(14-19)32-27(34-36)33-26(38)28(30)9-10-28/h3-8,11-16H,9-10H2,1-2H3,(H,31,37)(H,33,34,38)/t16-/m0/s1. The van der Waals surface area contributed by atoms with E-state index < -0.39 is 11.6 Å². The molecule has 1 saturated carbocycles. The normalized spacial score (nSPS) is 14.9.